The highest BCUT2D eigenvalue weighted by Crippen LogP contribution is 2.25. The highest BCUT2D eigenvalue weighted by molar-refractivity contribution is 5.63. The molecule has 2 aliphatic rings. The average Bonchev–Trinajstić information content (AvgIpc) is 2.62. The maximum absolute atomic E-state index is 5.43. The van der Waals surface area contributed by atoms with Gasteiger partial charge in [0.05, 0.1) is 18.9 Å². The Morgan fingerprint density at radius 3 is 2.44 bits per heavy atom. The highest BCUT2D eigenvalue weighted by atomic mass is 16.5. The Balaban J connectivity index is 1.43. The van der Waals surface area contributed by atoms with Gasteiger partial charge in [0.1, 0.15) is 0 Å². The molecule has 2 aromatic rings. The number of nitrogens with zero attached hydrogens (tertiary/aromatic N) is 5. The van der Waals surface area contributed by atoms with Crippen molar-refractivity contribution in [3.8, 4) is 11.3 Å². The quantitative estimate of drug-likeness (QED) is 0.845. The molecule has 0 aliphatic carbocycles. The monoisotopic (exact) mass is 339 g/mol. The lowest BCUT2D eigenvalue weighted by molar-refractivity contribution is 0.0103. The zero-order valence-electron chi connectivity index (χ0n) is 14.9. The zero-order chi connectivity index (χ0) is 17.2. The summed E-state index contributed by atoms with van der Waals surface area (Å²) in [7, 11) is 4.10. The molecular weight excluding hydrogens is 314 g/mol. The molecule has 0 unspecified atom stereocenters. The largest absolute Gasteiger partial charge is 0.379 e. The van der Waals surface area contributed by atoms with Gasteiger partial charge in [-0.15, -0.1) is 0 Å². The van der Waals surface area contributed by atoms with Crippen LogP contribution in [0, 0.1) is 0 Å². The first-order chi connectivity index (χ1) is 12.2. The Bertz CT molecular complexity index is 706. The molecule has 25 heavy (non-hydrogen) atoms. The van der Waals surface area contributed by atoms with Crippen LogP contribution < -0.4 is 9.80 Å². The van der Waals surface area contributed by atoms with E-state index in [0.29, 0.717) is 6.04 Å². The first-order valence-electron chi connectivity index (χ1n) is 8.88. The molecule has 2 fully saturated rings. The number of aromatic nitrogens is 2. The van der Waals surface area contributed by atoms with Crippen LogP contribution in [0.25, 0.3) is 11.3 Å². The molecule has 0 radical (unpaired) electrons. The summed E-state index contributed by atoms with van der Waals surface area (Å²) in [5.41, 5.74) is 3.29. The van der Waals surface area contributed by atoms with Crippen LogP contribution in [-0.4, -0.2) is 74.4 Å². The van der Waals surface area contributed by atoms with Crippen LogP contribution in [0.3, 0.4) is 0 Å². The van der Waals surface area contributed by atoms with E-state index in [2.05, 4.69) is 43.9 Å². The summed E-state index contributed by atoms with van der Waals surface area (Å²) in [5, 5.41) is 0. The molecule has 1 aromatic heterocycles. The van der Waals surface area contributed by atoms with Crippen molar-refractivity contribution >= 4 is 11.6 Å². The lowest BCUT2D eigenvalue weighted by Gasteiger charge is -2.46. The summed E-state index contributed by atoms with van der Waals surface area (Å²) in [5.74, 6) is 0.832. The van der Waals surface area contributed by atoms with Gasteiger partial charge in [-0.2, -0.15) is 0 Å². The summed E-state index contributed by atoms with van der Waals surface area (Å²) < 4.78 is 5.43. The standard InChI is InChI=1S/C19H25N5O/c1-22(2)16-5-3-15(4-6-16)18-7-8-20-19(21-18)24-13-17(14-24)23-9-11-25-12-10-23/h3-8,17H,9-14H2,1-2H3. The van der Waals surface area contributed by atoms with Gasteiger partial charge in [0.15, 0.2) is 0 Å². The number of rotatable bonds is 4. The maximum atomic E-state index is 5.43. The van der Waals surface area contributed by atoms with E-state index in [1.165, 1.54) is 5.69 Å². The second kappa shape index (κ2) is 6.98. The van der Waals surface area contributed by atoms with Gasteiger partial charge in [-0.3, -0.25) is 4.90 Å². The number of anilines is 2. The Kier molecular flexibility index (Phi) is 4.55. The van der Waals surface area contributed by atoms with Crippen molar-refractivity contribution in [1.29, 1.82) is 0 Å². The number of morpholine rings is 1. The second-order valence-electron chi connectivity index (χ2n) is 6.89. The topological polar surface area (TPSA) is 44.7 Å². The van der Waals surface area contributed by atoms with Crippen molar-refractivity contribution in [3.63, 3.8) is 0 Å². The lowest BCUT2D eigenvalue weighted by atomic mass is 10.1. The van der Waals surface area contributed by atoms with Crippen LogP contribution in [0.2, 0.25) is 0 Å². The summed E-state index contributed by atoms with van der Waals surface area (Å²) in [4.78, 5) is 16.1. The Hall–Kier alpha value is -2.18. The Morgan fingerprint density at radius 2 is 1.76 bits per heavy atom. The molecule has 0 atom stereocenters. The zero-order valence-corrected chi connectivity index (χ0v) is 14.9. The molecule has 0 bridgehead atoms. The molecule has 4 rings (SSSR count). The maximum Gasteiger partial charge on any atom is 0.225 e. The highest BCUT2D eigenvalue weighted by Gasteiger charge is 2.34. The predicted octanol–water partition coefficient (Wildman–Crippen LogP) is 1.73. The summed E-state index contributed by atoms with van der Waals surface area (Å²) in [6.45, 7) is 5.79. The number of benzene rings is 1. The van der Waals surface area contributed by atoms with E-state index in [0.717, 1.165) is 56.6 Å². The van der Waals surface area contributed by atoms with E-state index < -0.39 is 0 Å². The third kappa shape index (κ3) is 3.45. The van der Waals surface area contributed by atoms with Gasteiger partial charge >= 0.3 is 0 Å². The molecule has 132 valence electrons. The molecule has 6 heteroatoms. The summed E-state index contributed by atoms with van der Waals surface area (Å²) in [6, 6.07) is 11.1. The molecule has 6 nitrogen and oxygen atoms in total. The molecular formula is C19H25N5O. The normalized spacial score (nSPS) is 18.9. The van der Waals surface area contributed by atoms with Gasteiger partial charge in [0, 0.05) is 63.8 Å². The molecule has 0 N–H and O–H groups in total. The van der Waals surface area contributed by atoms with E-state index in [1.54, 1.807) is 0 Å². The van der Waals surface area contributed by atoms with E-state index in [1.807, 2.05) is 26.4 Å². The van der Waals surface area contributed by atoms with Gasteiger partial charge in [-0.1, -0.05) is 12.1 Å². The van der Waals surface area contributed by atoms with Crippen LogP contribution in [0.15, 0.2) is 36.5 Å². The Labute approximate surface area is 149 Å². The van der Waals surface area contributed by atoms with Gasteiger partial charge < -0.3 is 14.5 Å². The van der Waals surface area contributed by atoms with Crippen molar-refractivity contribution in [2.24, 2.45) is 0 Å². The van der Waals surface area contributed by atoms with Crippen LogP contribution in [-0.2, 0) is 4.74 Å². The average molecular weight is 339 g/mol. The fraction of sp³-hybridized carbons (Fsp3) is 0.474. The van der Waals surface area contributed by atoms with E-state index in [4.69, 9.17) is 9.72 Å². The van der Waals surface area contributed by atoms with Crippen molar-refractivity contribution < 1.29 is 4.74 Å². The minimum Gasteiger partial charge on any atom is -0.379 e. The van der Waals surface area contributed by atoms with Crippen LogP contribution >= 0.6 is 0 Å². The number of hydrogen-bond donors (Lipinski definition) is 0. The SMILES string of the molecule is CN(C)c1ccc(-c2ccnc(N3CC(N4CCOCC4)C3)n2)cc1. The predicted molar refractivity (Wildman–Crippen MR) is 100 cm³/mol. The molecule has 0 saturated carbocycles. The van der Waals surface area contributed by atoms with Gasteiger partial charge in [-0.05, 0) is 18.2 Å². The third-order valence-corrected chi connectivity index (χ3v) is 5.03. The minimum atomic E-state index is 0.607. The molecule has 2 aliphatic heterocycles. The van der Waals surface area contributed by atoms with Crippen LogP contribution in [0.5, 0.6) is 0 Å². The number of hydrogen-bond acceptors (Lipinski definition) is 6. The first kappa shape index (κ1) is 16.3. The van der Waals surface area contributed by atoms with Crippen molar-refractivity contribution in [2.45, 2.75) is 6.04 Å². The smallest absolute Gasteiger partial charge is 0.225 e. The number of ether oxygens (including phenoxy) is 1. The lowest BCUT2D eigenvalue weighted by Crippen LogP contribution is -2.62. The molecule has 0 amide bonds. The van der Waals surface area contributed by atoms with E-state index in [-0.39, 0.29) is 0 Å². The van der Waals surface area contributed by atoms with Gasteiger partial charge in [0.25, 0.3) is 0 Å². The van der Waals surface area contributed by atoms with Crippen molar-refractivity contribution in [3.05, 3.63) is 36.5 Å². The van der Waals surface area contributed by atoms with E-state index >= 15 is 0 Å². The van der Waals surface area contributed by atoms with Gasteiger partial charge in [-0.25, -0.2) is 9.97 Å². The van der Waals surface area contributed by atoms with Crippen molar-refractivity contribution in [2.75, 3.05) is 63.3 Å². The fourth-order valence-electron chi connectivity index (χ4n) is 3.38. The third-order valence-electron chi connectivity index (χ3n) is 5.03. The molecule has 2 saturated heterocycles. The van der Waals surface area contributed by atoms with Gasteiger partial charge in [0.2, 0.25) is 5.95 Å². The van der Waals surface area contributed by atoms with Crippen LogP contribution in [0.4, 0.5) is 11.6 Å². The van der Waals surface area contributed by atoms with Crippen molar-refractivity contribution in [1.82, 2.24) is 14.9 Å². The first-order valence-corrected chi connectivity index (χ1v) is 8.88. The second-order valence-corrected chi connectivity index (χ2v) is 6.89. The van der Waals surface area contributed by atoms with E-state index in [9.17, 15) is 0 Å². The summed E-state index contributed by atoms with van der Waals surface area (Å²) in [6.07, 6.45) is 1.86. The van der Waals surface area contributed by atoms with Crippen LogP contribution in [0.1, 0.15) is 0 Å². The fourth-order valence-corrected chi connectivity index (χ4v) is 3.38. The minimum absolute atomic E-state index is 0.607. The molecule has 1 aromatic carbocycles. The molecule has 0 spiro atoms. The Morgan fingerprint density at radius 1 is 1.04 bits per heavy atom. The summed E-state index contributed by atoms with van der Waals surface area (Å²) >= 11 is 0. The molecule has 3 heterocycles.